The van der Waals surface area contributed by atoms with Gasteiger partial charge in [-0.25, -0.2) is 4.79 Å². The molecule has 2 fully saturated rings. The molecule has 1 aliphatic heterocycles. The van der Waals surface area contributed by atoms with Crippen LogP contribution in [0.15, 0.2) is 0 Å². The van der Waals surface area contributed by atoms with Gasteiger partial charge in [-0.3, -0.25) is 0 Å². The Hall–Kier alpha value is -0.810. The van der Waals surface area contributed by atoms with Crippen LogP contribution in [0.25, 0.3) is 0 Å². The predicted molar refractivity (Wildman–Crippen MR) is 52.4 cm³/mol. The van der Waals surface area contributed by atoms with E-state index in [1.165, 1.54) is 4.90 Å². The first kappa shape index (κ1) is 10.7. The Bertz CT molecular complexity index is 256. The molecule has 15 heavy (non-hydrogen) atoms. The first-order valence-corrected chi connectivity index (χ1v) is 5.25. The number of hydrogen-bond donors (Lipinski definition) is 1. The number of carbonyl (C=O) groups is 1. The summed E-state index contributed by atoms with van der Waals surface area (Å²) in [6, 6.07) is 0. The molecule has 2 rings (SSSR count). The average molecular weight is 215 g/mol. The van der Waals surface area contributed by atoms with Gasteiger partial charge in [-0.05, 0) is 12.8 Å². The van der Waals surface area contributed by atoms with Crippen LogP contribution >= 0.6 is 0 Å². The normalized spacial score (nSPS) is 38.9. The molecule has 2 aliphatic rings. The summed E-state index contributed by atoms with van der Waals surface area (Å²) in [6.45, 7) is 0.460. The molecule has 0 aromatic carbocycles. The molecule has 1 saturated heterocycles. The number of amides is 1. The molecular formula is C10H17NO4. The third-order valence-corrected chi connectivity index (χ3v) is 3.10. The van der Waals surface area contributed by atoms with Crippen LogP contribution in [0, 0.1) is 5.92 Å². The zero-order valence-electron chi connectivity index (χ0n) is 9.05. The fourth-order valence-corrected chi connectivity index (χ4v) is 2.29. The van der Waals surface area contributed by atoms with Gasteiger partial charge < -0.3 is 19.5 Å². The lowest BCUT2D eigenvalue weighted by Gasteiger charge is -2.19. The van der Waals surface area contributed by atoms with Gasteiger partial charge >= 0.3 is 6.09 Å². The third-order valence-electron chi connectivity index (χ3n) is 3.10. The molecule has 1 saturated carbocycles. The molecule has 0 bridgehead atoms. The Morgan fingerprint density at radius 2 is 2.20 bits per heavy atom. The molecule has 0 radical (unpaired) electrons. The van der Waals surface area contributed by atoms with E-state index in [1.807, 2.05) is 0 Å². The van der Waals surface area contributed by atoms with E-state index in [4.69, 9.17) is 9.47 Å². The molecule has 0 aromatic heterocycles. The van der Waals surface area contributed by atoms with Gasteiger partial charge in [0.25, 0.3) is 0 Å². The molecule has 0 unspecified atom stereocenters. The summed E-state index contributed by atoms with van der Waals surface area (Å²) in [5.74, 6) is 0.170. The number of rotatable bonds is 1. The van der Waals surface area contributed by atoms with Crippen LogP contribution in [0.4, 0.5) is 4.79 Å². The van der Waals surface area contributed by atoms with Gasteiger partial charge in [0.1, 0.15) is 6.10 Å². The Balaban J connectivity index is 1.92. The van der Waals surface area contributed by atoms with Crippen molar-refractivity contribution in [2.45, 2.75) is 31.2 Å². The van der Waals surface area contributed by atoms with Gasteiger partial charge in [0, 0.05) is 20.0 Å². The van der Waals surface area contributed by atoms with Gasteiger partial charge in [0.2, 0.25) is 0 Å². The molecule has 1 heterocycles. The van der Waals surface area contributed by atoms with E-state index in [0.717, 1.165) is 0 Å². The highest BCUT2D eigenvalue weighted by molar-refractivity contribution is 5.67. The number of fused-ring (bicyclic) bond motifs is 1. The van der Waals surface area contributed by atoms with Gasteiger partial charge in [-0.15, -0.1) is 0 Å². The van der Waals surface area contributed by atoms with Crippen molar-refractivity contribution in [3.63, 3.8) is 0 Å². The maximum Gasteiger partial charge on any atom is 0.409 e. The Kier molecular flexibility index (Phi) is 2.84. The SMILES string of the molecule is CN(C)C(=O)O[C@H]1CO[C@@H]2C[C@H](O)C[C@H]12. The summed E-state index contributed by atoms with van der Waals surface area (Å²) in [5.41, 5.74) is 0. The van der Waals surface area contributed by atoms with Crippen LogP contribution in [-0.2, 0) is 9.47 Å². The van der Waals surface area contributed by atoms with E-state index in [2.05, 4.69) is 0 Å². The summed E-state index contributed by atoms with van der Waals surface area (Å²) in [5, 5.41) is 9.47. The molecule has 4 atom stereocenters. The summed E-state index contributed by atoms with van der Waals surface area (Å²) in [7, 11) is 3.30. The lowest BCUT2D eigenvalue weighted by Crippen LogP contribution is -2.32. The lowest BCUT2D eigenvalue weighted by atomic mass is 10.0. The fraction of sp³-hybridized carbons (Fsp3) is 0.900. The van der Waals surface area contributed by atoms with E-state index in [0.29, 0.717) is 19.4 Å². The minimum absolute atomic E-state index is 0.0694. The summed E-state index contributed by atoms with van der Waals surface area (Å²) < 4.78 is 10.8. The van der Waals surface area contributed by atoms with Crippen LogP contribution < -0.4 is 0 Å². The van der Waals surface area contributed by atoms with Crippen LogP contribution in [0.2, 0.25) is 0 Å². The van der Waals surface area contributed by atoms with Crippen LogP contribution in [0.5, 0.6) is 0 Å². The Labute approximate surface area is 89.0 Å². The number of carbonyl (C=O) groups excluding carboxylic acids is 1. The van der Waals surface area contributed by atoms with E-state index in [-0.39, 0.29) is 30.3 Å². The zero-order valence-corrected chi connectivity index (χ0v) is 9.05. The third kappa shape index (κ3) is 2.08. The quantitative estimate of drug-likeness (QED) is 0.680. The second-order valence-corrected chi connectivity index (χ2v) is 4.48. The molecule has 0 spiro atoms. The highest BCUT2D eigenvalue weighted by Gasteiger charge is 2.46. The van der Waals surface area contributed by atoms with Crippen molar-refractivity contribution >= 4 is 6.09 Å². The topological polar surface area (TPSA) is 59.0 Å². The summed E-state index contributed by atoms with van der Waals surface area (Å²) in [6.07, 6.45) is 0.574. The largest absolute Gasteiger partial charge is 0.443 e. The Morgan fingerprint density at radius 1 is 1.47 bits per heavy atom. The van der Waals surface area contributed by atoms with Gasteiger partial charge in [0.15, 0.2) is 0 Å². The van der Waals surface area contributed by atoms with E-state index in [9.17, 15) is 9.90 Å². The monoisotopic (exact) mass is 215 g/mol. The van der Waals surface area contributed by atoms with Gasteiger partial charge in [0.05, 0.1) is 18.8 Å². The van der Waals surface area contributed by atoms with Crippen molar-refractivity contribution in [3.8, 4) is 0 Å². The van der Waals surface area contributed by atoms with Crippen molar-refractivity contribution in [2.75, 3.05) is 20.7 Å². The average Bonchev–Trinajstić information content (AvgIpc) is 2.66. The first-order chi connectivity index (χ1) is 7.08. The minimum atomic E-state index is -0.342. The smallest absolute Gasteiger partial charge is 0.409 e. The molecule has 1 N–H and O–H groups in total. The molecule has 5 heteroatoms. The van der Waals surface area contributed by atoms with E-state index >= 15 is 0 Å². The van der Waals surface area contributed by atoms with Crippen molar-refractivity contribution in [1.82, 2.24) is 4.90 Å². The number of ether oxygens (including phenoxy) is 2. The van der Waals surface area contributed by atoms with Crippen molar-refractivity contribution in [2.24, 2.45) is 5.92 Å². The first-order valence-electron chi connectivity index (χ1n) is 5.25. The van der Waals surface area contributed by atoms with E-state index < -0.39 is 0 Å². The van der Waals surface area contributed by atoms with Crippen LogP contribution in [0.3, 0.4) is 0 Å². The molecule has 5 nitrogen and oxygen atoms in total. The number of nitrogens with zero attached hydrogens (tertiary/aromatic N) is 1. The van der Waals surface area contributed by atoms with Crippen molar-refractivity contribution in [3.05, 3.63) is 0 Å². The molecule has 86 valence electrons. The Morgan fingerprint density at radius 3 is 2.87 bits per heavy atom. The molecular weight excluding hydrogens is 198 g/mol. The highest BCUT2D eigenvalue weighted by atomic mass is 16.6. The lowest BCUT2D eigenvalue weighted by molar-refractivity contribution is 0.0360. The van der Waals surface area contributed by atoms with E-state index in [1.54, 1.807) is 14.1 Å². The second kappa shape index (κ2) is 3.98. The number of aliphatic hydroxyl groups is 1. The highest BCUT2D eigenvalue weighted by Crippen LogP contribution is 2.37. The standard InChI is InChI=1S/C10H17NO4/c1-11(2)10(13)15-9-5-14-8-4-6(12)3-7(8)9/h6-9,12H,3-5H2,1-2H3/t6-,7+,8-,9+/m1/s1. The molecule has 1 amide bonds. The van der Waals surface area contributed by atoms with Gasteiger partial charge in [-0.1, -0.05) is 0 Å². The maximum absolute atomic E-state index is 11.4. The van der Waals surface area contributed by atoms with Gasteiger partial charge in [-0.2, -0.15) is 0 Å². The van der Waals surface area contributed by atoms with Crippen LogP contribution in [-0.4, -0.2) is 55.1 Å². The molecule has 1 aliphatic carbocycles. The maximum atomic E-state index is 11.4. The minimum Gasteiger partial charge on any atom is -0.443 e. The summed E-state index contributed by atoms with van der Waals surface area (Å²) >= 11 is 0. The number of hydrogen-bond acceptors (Lipinski definition) is 4. The van der Waals surface area contributed by atoms with Crippen LogP contribution in [0.1, 0.15) is 12.8 Å². The summed E-state index contributed by atoms with van der Waals surface area (Å²) in [4.78, 5) is 12.8. The molecule has 0 aromatic rings. The fourth-order valence-electron chi connectivity index (χ4n) is 2.29. The van der Waals surface area contributed by atoms with Crippen molar-refractivity contribution < 1.29 is 19.4 Å². The predicted octanol–water partition coefficient (Wildman–Crippen LogP) is 0.223. The van der Waals surface area contributed by atoms with Crippen molar-refractivity contribution in [1.29, 1.82) is 0 Å². The second-order valence-electron chi connectivity index (χ2n) is 4.48. The number of aliphatic hydroxyl groups excluding tert-OH is 1. The zero-order chi connectivity index (χ0) is 11.0.